The molecule has 0 aliphatic carbocycles. The van der Waals surface area contributed by atoms with E-state index in [0.717, 1.165) is 29.7 Å². The summed E-state index contributed by atoms with van der Waals surface area (Å²) in [5.41, 5.74) is 2.89. The fourth-order valence-electron chi connectivity index (χ4n) is 2.56. The highest BCUT2D eigenvalue weighted by atomic mass is 32.2. The van der Waals surface area contributed by atoms with Gasteiger partial charge in [-0.3, -0.25) is 4.79 Å². The van der Waals surface area contributed by atoms with Gasteiger partial charge in [0.2, 0.25) is 15.9 Å². The first-order valence-corrected chi connectivity index (χ1v) is 8.95. The van der Waals surface area contributed by atoms with E-state index in [2.05, 4.69) is 5.32 Å². The molecule has 1 N–H and O–H groups in total. The number of nitrogens with one attached hydrogen (secondary N) is 1. The molecule has 21 heavy (non-hydrogen) atoms. The standard InChI is InChI=1S/C15H22N2O3S/c1-11-6-7-12(2)14(9-11)16-15(18)13-5-4-8-17(10-13)21(3,19)20/h6-7,9,13H,4-5,8,10H2,1-3H3,(H,16,18)/t13-/m1/s1. The van der Waals surface area contributed by atoms with Crippen LogP contribution in [0, 0.1) is 19.8 Å². The Labute approximate surface area is 126 Å². The highest BCUT2D eigenvalue weighted by Gasteiger charge is 2.30. The van der Waals surface area contributed by atoms with Crippen molar-refractivity contribution < 1.29 is 13.2 Å². The normalized spacial score (nSPS) is 20.2. The second-order valence-electron chi connectivity index (χ2n) is 5.77. The minimum Gasteiger partial charge on any atom is -0.326 e. The van der Waals surface area contributed by atoms with Gasteiger partial charge in [-0.1, -0.05) is 12.1 Å². The third kappa shape index (κ3) is 4.04. The van der Waals surface area contributed by atoms with E-state index in [1.807, 2.05) is 32.0 Å². The zero-order valence-corrected chi connectivity index (χ0v) is 13.5. The molecule has 1 heterocycles. The number of nitrogens with zero attached hydrogens (tertiary/aromatic N) is 1. The van der Waals surface area contributed by atoms with Crippen LogP contribution in [0.3, 0.4) is 0 Å². The maximum Gasteiger partial charge on any atom is 0.228 e. The molecule has 1 aromatic carbocycles. The van der Waals surface area contributed by atoms with E-state index in [0.29, 0.717) is 6.54 Å². The quantitative estimate of drug-likeness (QED) is 0.927. The Hall–Kier alpha value is -1.40. The smallest absolute Gasteiger partial charge is 0.228 e. The summed E-state index contributed by atoms with van der Waals surface area (Å²) < 4.78 is 24.6. The lowest BCUT2D eigenvalue weighted by Crippen LogP contribution is -2.43. The Balaban J connectivity index is 2.08. The molecule has 5 nitrogen and oxygen atoms in total. The van der Waals surface area contributed by atoms with E-state index in [-0.39, 0.29) is 18.4 Å². The van der Waals surface area contributed by atoms with Crippen LogP contribution in [-0.4, -0.2) is 38.0 Å². The van der Waals surface area contributed by atoms with Gasteiger partial charge in [-0.25, -0.2) is 12.7 Å². The number of hydrogen-bond donors (Lipinski definition) is 1. The van der Waals surface area contributed by atoms with E-state index in [9.17, 15) is 13.2 Å². The number of piperidine rings is 1. The van der Waals surface area contributed by atoms with Gasteiger partial charge >= 0.3 is 0 Å². The number of benzene rings is 1. The highest BCUT2D eigenvalue weighted by Crippen LogP contribution is 2.22. The summed E-state index contributed by atoms with van der Waals surface area (Å²) >= 11 is 0. The number of sulfonamides is 1. The van der Waals surface area contributed by atoms with E-state index in [4.69, 9.17) is 0 Å². The minimum atomic E-state index is -3.23. The molecular weight excluding hydrogens is 288 g/mol. The van der Waals surface area contributed by atoms with Gasteiger partial charge in [0, 0.05) is 18.8 Å². The van der Waals surface area contributed by atoms with E-state index < -0.39 is 10.0 Å². The van der Waals surface area contributed by atoms with Crippen LogP contribution in [0.15, 0.2) is 18.2 Å². The number of aryl methyl sites for hydroxylation is 2. The molecule has 1 atom stereocenters. The van der Waals surface area contributed by atoms with Crippen LogP contribution >= 0.6 is 0 Å². The lowest BCUT2D eigenvalue weighted by molar-refractivity contribution is -0.120. The van der Waals surface area contributed by atoms with Crippen LogP contribution in [0.1, 0.15) is 24.0 Å². The van der Waals surface area contributed by atoms with Crippen molar-refractivity contribution in [2.45, 2.75) is 26.7 Å². The van der Waals surface area contributed by atoms with Crippen molar-refractivity contribution in [1.82, 2.24) is 4.31 Å². The van der Waals surface area contributed by atoms with Crippen LogP contribution in [0.25, 0.3) is 0 Å². The van der Waals surface area contributed by atoms with Crippen molar-refractivity contribution >= 4 is 21.6 Å². The van der Waals surface area contributed by atoms with E-state index >= 15 is 0 Å². The molecule has 2 rings (SSSR count). The number of anilines is 1. The average molecular weight is 310 g/mol. The predicted molar refractivity (Wildman–Crippen MR) is 83.7 cm³/mol. The zero-order chi connectivity index (χ0) is 15.6. The maximum absolute atomic E-state index is 12.4. The second kappa shape index (κ2) is 6.15. The summed E-state index contributed by atoms with van der Waals surface area (Å²) in [4.78, 5) is 12.4. The van der Waals surface area contributed by atoms with Crippen molar-refractivity contribution in [2.75, 3.05) is 24.7 Å². The SMILES string of the molecule is Cc1ccc(C)c(NC(=O)[C@@H]2CCCN(S(C)(=O)=O)C2)c1. The summed E-state index contributed by atoms with van der Waals surface area (Å²) in [6.45, 7) is 4.70. The topological polar surface area (TPSA) is 66.5 Å². The third-order valence-corrected chi connectivity index (χ3v) is 5.14. The lowest BCUT2D eigenvalue weighted by atomic mass is 9.98. The summed E-state index contributed by atoms with van der Waals surface area (Å²) in [6.07, 6.45) is 2.64. The van der Waals surface area contributed by atoms with Crippen LogP contribution in [0.2, 0.25) is 0 Å². The zero-order valence-electron chi connectivity index (χ0n) is 12.7. The molecule has 0 bridgehead atoms. The first-order valence-electron chi connectivity index (χ1n) is 7.10. The van der Waals surface area contributed by atoms with Crippen molar-refractivity contribution in [3.05, 3.63) is 29.3 Å². The van der Waals surface area contributed by atoms with E-state index in [1.54, 1.807) is 0 Å². The number of rotatable bonds is 3. The van der Waals surface area contributed by atoms with Crippen LogP contribution in [0.5, 0.6) is 0 Å². The van der Waals surface area contributed by atoms with Crippen molar-refractivity contribution in [3.8, 4) is 0 Å². The molecule has 0 unspecified atom stereocenters. The van der Waals surface area contributed by atoms with Crippen LogP contribution < -0.4 is 5.32 Å². The molecule has 1 saturated heterocycles. The largest absolute Gasteiger partial charge is 0.326 e. The molecule has 1 aliphatic rings. The Morgan fingerprint density at radius 1 is 1.33 bits per heavy atom. The summed E-state index contributed by atoms with van der Waals surface area (Å²) in [7, 11) is -3.23. The number of carbonyl (C=O) groups excluding carboxylic acids is 1. The Morgan fingerprint density at radius 2 is 2.05 bits per heavy atom. The fraction of sp³-hybridized carbons (Fsp3) is 0.533. The van der Waals surface area contributed by atoms with E-state index in [1.165, 1.54) is 10.6 Å². The minimum absolute atomic E-state index is 0.1000. The molecular formula is C15H22N2O3S. The van der Waals surface area contributed by atoms with Crippen molar-refractivity contribution in [1.29, 1.82) is 0 Å². The summed E-state index contributed by atoms with van der Waals surface area (Å²) in [5.74, 6) is -0.384. The van der Waals surface area contributed by atoms with Gasteiger partial charge in [0.25, 0.3) is 0 Å². The van der Waals surface area contributed by atoms with Gasteiger partial charge < -0.3 is 5.32 Å². The number of amides is 1. The number of carbonyl (C=O) groups is 1. The highest BCUT2D eigenvalue weighted by molar-refractivity contribution is 7.88. The summed E-state index contributed by atoms with van der Waals surface area (Å²) in [5, 5.41) is 2.93. The molecule has 1 fully saturated rings. The molecule has 116 valence electrons. The van der Waals surface area contributed by atoms with Gasteiger partial charge in [0.15, 0.2) is 0 Å². The monoisotopic (exact) mass is 310 g/mol. The molecule has 6 heteroatoms. The second-order valence-corrected chi connectivity index (χ2v) is 7.75. The maximum atomic E-state index is 12.4. The molecule has 0 saturated carbocycles. The van der Waals surface area contributed by atoms with Gasteiger partial charge in [-0.05, 0) is 43.9 Å². The Morgan fingerprint density at radius 3 is 2.71 bits per heavy atom. The molecule has 0 aromatic heterocycles. The van der Waals surface area contributed by atoms with Crippen molar-refractivity contribution in [2.24, 2.45) is 5.92 Å². The molecule has 0 radical (unpaired) electrons. The lowest BCUT2D eigenvalue weighted by Gasteiger charge is -2.30. The molecule has 1 aromatic rings. The molecule has 0 spiro atoms. The third-order valence-electron chi connectivity index (χ3n) is 3.87. The van der Waals surface area contributed by atoms with Crippen molar-refractivity contribution in [3.63, 3.8) is 0 Å². The van der Waals surface area contributed by atoms with Gasteiger partial charge in [-0.2, -0.15) is 0 Å². The van der Waals surface area contributed by atoms with Gasteiger partial charge in [0.05, 0.1) is 12.2 Å². The number of hydrogen-bond acceptors (Lipinski definition) is 3. The van der Waals surface area contributed by atoms with Gasteiger partial charge in [0.1, 0.15) is 0 Å². The van der Waals surface area contributed by atoms with Crippen LogP contribution in [0.4, 0.5) is 5.69 Å². The fourth-order valence-corrected chi connectivity index (χ4v) is 3.47. The molecule has 1 amide bonds. The van der Waals surface area contributed by atoms with Gasteiger partial charge in [-0.15, -0.1) is 0 Å². The average Bonchev–Trinajstić information content (AvgIpc) is 2.42. The summed E-state index contributed by atoms with van der Waals surface area (Å²) in [6, 6.07) is 5.90. The van der Waals surface area contributed by atoms with Crippen LogP contribution in [-0.2, 0) is 14.8 Å². The Kier molecular flexibility index (Phi) is 4.68. The predicted octanol–water partition coefficient (Wildman–Crippen LogP) is 1.91. The molecule has 1 aliphatic heterocycles. The first-order chi connectivity index (χ1) is 9.77. The Bertz CT molecular complexity index is 640. The first kappa shape index (κ1) is 16.0.